The van der Waals surface area contributed by atoms with Crippen molar-refractivity contribution in [1.82, 2.24) is 20.5 Å². The summed E-state index contributed by atoms with van der Waals surface area (Å²) in [6.07, 6.45) is 2.28. The summed E-state index contributed by atoms with van der Waals surface area (Å²) in [6.45, 7) is 11.7. The van der Waals surface area contributed by atoms with E-state index >= 15 is 0 Å². The monoisotopic (exact) mass is 389 g/mol. The quantitative estimate of drug-likeness (QED) is 0.695. The number of rotatable bonds is 5. The Kier molecular flexibility index (Phi) is 5.76. The van der Waals surface area contributed by atoms with Crippen LogP contribution in [0.1, 0.15) is 37.9 Å². The molecule has 0 saturated carbocycles. The van der Waals surface area contributed by atoms with Gasteiger partial charge >= 0.3 is 0 Å². The van der Waals surface area contributed by atoms with Crippen molar-refractivity contribution in [3.63, 3.8) is 0 Å². The second-order valence-corrected chi connectivity index (χ2v) is 8.68. The molecular weight excluding hydrogens is 358 g/mol. The van der Waals surface area contributed by atoms with Crippen molar-refractivity contribution in [2.45, 2.75) is 46.6 Å². The number of aromatic nitrogens is 3. The predicted octanol–water partition coefficient (Wildman–Crippen LogP) is 4.52. The van der Waals surface area contributed by atoms with Crippen LogP contribution in [0.15, 0.2) is 36.4 Å². The van der Waals surface area contributed by atoms with Gasteiger partial charge in [-0.25, -0.2) is 4.98 Å². The number of benzene rings is 1. The molecular formula is C24H31N5. The van der Waals surface area contributed by atoms with Gasteiger partial charge in [-0.3, -0.25) is 0 Å². The maximum absolute atomic E-state index is 5.08. The summed E-state index contributed by atoms with van der Waals surface area (Å²) in [6, 6.07) is 13.4. The summed E-state index contributed by atoms with van der Waals surface area (Å²) >= 11 is 0. The van der Waals surface area contributed by atoms with Gasteiger partial charge in [0.05, 0.1) is 16.9 Å². The largest absolute Gasteiger partial charge is 0.356 e. The Labute approximate surface area is 173 Å². The van der Waals surface area contributed by atoms with E-state index in [-0.39, 0.29) is 0 Å². The van der Waals surface area contributed by atoms with Gasteiger partial charge in [-0.1, -0.05) is 25.5 Å². The highest BCUT2D eigenvalue weighted by atomic mass is 15.2. The highest BCUT2D eigenvalue weighted by molar-refractivity contribution is 5.89. The topological polar surface area (TPSA) is 53.9 Å². The number of pyridine rings is 1. The standard InChI is InChI=1S/C24H31N5/c1-16(2)15-25-20-9-11-29(12-10-20)24-21(23-8-6-18(4)27-28-23)14-19-13-17(3)5-7-22(19)26-24/h5-8,13-14,16,20,25H,9-12,15H2,1-4H3. The van der Waals surface area contributed by atoms with Crippen LogP contribution >= 0.6 is 0 Å². The van der Waals surface area contributed by atoms with Crippen LogP contribution in [0.2, 0.25) is 0 Å². The van der Waals surface area contributed by atoms with Gasteiger partial charge in [0, 0.05) is 30.1 Å². The number of anilines is 1. The van der Waals surface area contributed by atoms with Gasteiger partial charge in [0.2, 0.25) is 0 Å². The SMILES string of the molecule is Cc1ccc2nc(N3CCC(NCC(C)C)CC3)c(-c3ccc(C)nn3)cc2c1. The summed E-state index contributed by atoms with van der Waals surface area (Å²) < 4.78 is 0. The highest BCUT2D eigenvalue weighted by Gasteiger charge is 2.23. The van der Waals surface area contributed by atoms with E-state index in [9.17, 15) is 0 Å². The Morgan fingerprint density at radius 1 is 1.03 bits per heavy atom. The van der Waals surface area contributed by atoms with Crippen molar-refractivity contribution in [3.05, 3.63) is 47.7 Å². The van der Waals surface area contributed by atoms with Gasteiger partial charge in [-0.05, 0) is 69.5 Å². The molecule has 1 aliphatic heterocycles. The van der Waals surface area contributed by atoms with Crippen LogP contribution in [-0.4, -0.2) is 40.9 Å². The Morgan fingerprint density at radius 3 is 2.52 bits per heavy atom. The molecule has 0 bridgehead atoms. The summed E-state index contributed by atoms with van der Waals surface area (Å²) in [5.74, 6) is 1.71. The Morgan fingerprint density at radius 2 is 1.83 bits per heavy atom. The summed E-state index contributed by atoms with van der Waals surface area (Å²) in [5.41, 5.74) is 5.17. The molecule has 0 unspecified atom stereocenters. The van der Waals surface area contributed by atoms with Gasteiger partial charge in [0.1, 0.15) is 5.82 Å². The molecule has 1 aromatic carbocycles. The van der Waals surface area contributed by atoms with Crippen LogP contribution in [-0.2, 0) is 0 Å². The Bertz CT molecular complexity index is 972. The van der Waals surface area contributed by atoms with Crippen molar-refractivity contribution in [2.24, 2.45) is 5.92 Å². The molecule has 3 heterocycles. The number of nitrogens with one attached hydrogen (secondary N) is 1. The molecule has 1 aliphatic rings. The molecule has 2 aromatic heterocycles. The van der Waals surface area contributed by atoms with E-state index in [1.54, 1.807) is 0 Å². The molecule has 0 atom stereocenters. The molecule has 1 saturated heterocycles. The van der Waals surface area contributed by atoms with E-state index in [1.807, 2.05) is 13.0 Å². The van der Waals surface area contributed by atoms with Crippen LogP contribution in [0.3, 0.4) is 0 Å². The van der Waals surface area contributed by atoms with Crippen LogP contribution in [0.4, 0.5) is 5.82 Å². The Balaban J connectivity index is 1.66. The maximum atomic E-state index is 5.08. The lowest BCUT2D eigenvalue weighted by molar-refractivity contribution is 0.392. The minimum absolute atomic E-state index is 0.597. The first kappa shape index (κ1) is 19.8. The first-order valence-corrected chi connectivity index (χ1v) is 10.7. The van der Waals surface area contributed by atoms with Crippen LogP contribution in [0, 0.1) is 19.8 Å². The fourth-order valence-corrected chi connectivity index (χ4v) is 3.96. The predicted molar refractivity (Wildman–Crippen MR) is 120 cm³/mol. The van der Waals surface area contributed by atoms with E-state index in [0.29, 0.717) is 12.0 Å². The second-order valence-electron chi connectivity index (χ2n) is 8.68. The van der Waals surface area contributed by atoms with E-state index in [2.05, 4.69) is 71.5 Å². The average molecular weight is 390 g/mol. The van der Waals surface area contributed by atoms with Gasteiger partial charge in [-0.15, -0.1) is 0 Å². The minimum Gasteiger partial charge on any atom is -0.356 e. The number of hydrogen-bond acceptors (Lipinski definition) is 5. The zero-order valence-electron chi connectivity index (χ0n) is 17.9. The van der Waals surface area contributed by atoms with E-state index in [0.717, 1.165) is 66.1 Å². The van der Waals surface area contributed by atoms with Crippen molar-refractivity contribution in [3.8, 4) is 11.3 Å². The normalized spacial score (nSPS) is 15.4. The molecule has 5 heteroatoms. The maximum Gasteiger partial charge on any atom is 0.138 e. The van der Waals surface area contributed by atoms with Gasteiger partial charge in [-0.2, -0.15) is 10.2 Å². The smallest absolute Gasteiger partial charge is 0.138 e. The van der Waals surface area contributed by atoms with Crippen LogP contribution in [0.5, 0.6) is 0 Å². The third-order valence-electron chi connectivity index (χ3n) is 5.63. The van der Waals surface area contributed by atoms with Crippen molar-refractivity contribution in [1.29, 1.82) is 0 Å². The molecule has 1 fully saturated rings. The zero-order chi connectivity index (χ0) is 20.4. The number of hydrogen-bond donors (Lipinski definition) is 1. The van der Waals surface area contributed by atoms with Crippen molar-refractivity contribution < 1.29 is 0 Å². The Hall–Kier alpha value is -2.53. The fraction of sp³-hybridized carbons (Fsp3) is 0.458. The third-order valence-corrected chi connectivity index (χ3v) is 5.63. The number of aryl methyl sites for hydroxylation is 2. The lowest BCUT2D eigenvalue weighted by Crippen LogP contribution is -2.44. The van der Waals surface area contributed by atoms with Crippen LogP contribution in [0.25, 0.3) is 22.2 Å². The lowest BCUT2D eigenvalue weighted by Gasteiger charge is -2.34. The zero-order valence-corrected chi connectivity index (χ0v) is 17.9. The lowest BCUT2D eigenvalue weighted by atomic mass is 10.0. The first-order valence-electron chi connectivity index (χ1n) is 10.7. The molecule has 0 spiro atoms. The van der Waals surface area contributed by atoms with E-state index in [1.165, 1.54) is 5.56 Å². The van der Waals surface area contributed by atoms with Crippen LogP contribution < -0.4 is 10.2 Å². The highest BCUT2D eigenvalue weighted by Crippen LogP contribution is 2.33. The van der Waals surface area contributed by atoms with E-state index in [4.69, 9.17) is 4.98 Å². The van der Waals surface area contributed by atoms with Gasteiger partial charge < -0.3 is 10.2 Å². The third kappa shape index (κ3) is 4.56. The van der Waals surface area contributed by atoms with Gasteiger partial charge in [0.15, 0.2) is 0 Å². The molecule has 1 N–H and O–H groups in total. The molecule has 3 aromatic rings. The molecule has 0 aliphatic carbocycles. The average Bonchev–Trinajstić information content (AvgIpc) is 2.72. The fourth-order valence-electron chi connectivity index (χ4n) is 3.96. The molecule has 0 amide bonds. The minimum atomic E-state index is 0.597. The second kappa shape index (κ2) is 8.46. The molecule has 29 heavy (non-hydrogen) atoms. The number of fused-ring (bicyclic) bond motifs is 1. The summed E-state index contributed by atoms with van der Waals surface area (Å²) in [4.78, 5) is 7.50. The van der Waals surface area contributed by atoms with Crippen molar-refractivity contribution in [2.75, 3.05) is 24.5 Å². The molecule has 4 rings (SSSR count). The molecule has 0 radical (unpaired) electrons. The van der Waals surface area contributed by atoms with Gasteiger partial charge in [0.25, 0.3) is 0 Å². The molecule has 5 nitrogen and oxygen atoms in total. The number of nitrogens with zero attached hydrogens (tertiary/aromatic N) is 4. The van der Waals surface area contributed by atoms with Crippen molar-refractivity contribution >= 4 is 16.7 Å². The summed E-state index contributed by atoms with van der Waals surface area (Å²) in [7, 11) is 0. The summed E-state index contributed by atoms with van der Waals surface area (Å²) in [5, 5.41) is 13.6. The number of piperidine rings is 1. The first-order chi connectivity index (χ1) is 14.0. The molecule has 152 valence electrons. The van der Waals surface area contributed by atoms with E-state index < -0.39 is 0 Å².